The van der Waals surface area contributed by atoms with Gasteiger partial charge in [-0.25, -0.2) is 8.42 Å². The zero-order chi connectivity index (χ0) is 27.4. The van der Waals surface area contributed by atoms with Crippen molar-refractivity contribution in [3.05, 3.63) is 88.2 Å². The van der Waals surface area contributed by atoms with E-state index in [2.05, 4.69) is 11.1 Å². The predicted molar refractivity (Wildman–Crippen MR) is 152 cm³/mol. The number of para-hydroxylation sites is 1. The number of benzene rings is 2. The highest BCUT2D eigenvalue weighted by molar-refractivity contribution is 7.89. The largest absolute Gasteiger partial charge is 0.497 e. The molecule has 5 rings (SSSR count). The number of rotatable bonds is 10. The van der Waals surface area contributed by atoms with Gasteiger partial charge in [0.1, 0.15) is 10.6 Å². The molecular weight excluding hydrogens is 534 g/mol. The van der Waals surface area contributed by atoms with Gasteiger partial charge in [0.25, 0.3) is 0 Å². The van der Waals surface area contributed by atoms with E-state index in [1.54, 1.807) is 54.9 Å². The molecular formula is C29H31N3O5S2. The van der Waals surface area contributed by atoms with E-state index in [-0.39, 0.29) is 29.9 Å². The maximum atomic E-state index is 14.0. The summed E-state index contributed by atoms with van der Waals surface area (Å²) in [4.78, 5) is 21.5. The molecule has 0 radical (unpaired) electrons. The first kappa shape index (κ1) is 27.3. The highest BCUT2D eigenvalue weighted by atomic mass is 32.2. The third-order valence-corrected chi connectivity index (χ3v) is 9.87. The van der Waals surface area contributed by atoms with Crippen molar-refractivity contribution in [1.29, 1.82) is 0 Å². The zero-order valence-electron chi connectivity index (χ0n) is 21.9. The van der Waals surface area contributed by atoms with Crippen molar-refractivity contribution in [1.82, 2.24) is 14.2 Å². The van der Waals surface area contributed by atoms with Crippen LogP contribution < -0.4 is 4.74 Å². The van der Waals surface area contributed by atoms with Gasteiger partial charge in [-0.1, -0.05) is 30.3 Å². The lowest BCUT2D eigenvalue weighted by Crippen LogP contribution is -2.47. The lowest BCUT2D eigenvalue weighted by molar-refractivity contribution is -0.133. The molecule has 204 valence electrons. The minimum atomic E-state index is -4.03. The molecule has 1 aliphatic heterocycles. The summed E-state index contributed by atoms with van der Waals surface area (Å²) in [6.45, 7) is 0.756. The van der Waals surface area contributed by atoms with E-state index >= 15 is 0 Å². The Labute approximate surface area is 232 Å². The van der Waals surface area contributed by atoms with Crippen molar-refractivity contribution in [3.63, 3.8) is 0 Å². The van der Waals surface area contributed by atoms with E-state index in [9.17, 15) is 13.2 Å². The topological polar surface area (TPSA) is 89.0 Å². The number of hydrogen-bond acceptors (Lipinski definition) is 7. The quantitative estimate of drug-likeness (QED) is 0.263. The number of hydrogen-bond donors (Lipinski definition) is 0. The Balaban J connectivity index is 1.49. The minimum Gasteiger partial charge on any atom is -0.497 e. The molecule has 4 aromatic rings. The molecule has 2 aromatic heterocycles. The van der Waals surface area contributed by atoms with Crippen molar-refractivity contribution in [2.45, 2.75) is 23.8 Å². The van der Waals surface area contributed by atoms with Crippen LogP contribution in [0.2, 0.25) is 0 Å². The van der Waals surface area contributed by atoms with Crippen LogP contribution in [0, 0.1) is 0 Å². The van der Waals surface area contributed by atoms with Crippen molar-refractivity contribution in [3.8, 4) is 5.75 Å². The van der Waals surface area contributed by atoms with Crippen LogP contribution in [0.3, 0.4) is 0 Å². The first-order valence-electron chi connectivity index (χ1n) is 12.8. The summed E-state index contributed by atoms with van der Waals surface area (Å²) in [5.74, 6) is 0.485. The number of pyridine rings is 1. The second-order valence-electron chi connectivity index (χ2n) is 9.33. The van der Waals surface area contributed by atoms with Crippen molar-refractivity contribution in [2.75, 3.05) is 40.5 Å². The molecule has 0 bridgehead atoms. The van der Waals surface area contributed by atoms with Gasteiger partial charge in [0, 0.05) is 43.3 Å². The number of methoxy groups -OCH3 is 2. The molecule has 3 heterocycles. The standard InChI is InChI=1S/C29H31N3O5S2/c1-36-18-5-16-31(39(34,35)26-8-3-6-21-7-4-15-30-28(21)26)20-27(33)32-17-13-25-24(14-19-38-25)29(32)22-9-11-23(37-2)12-10-22/h3-4,6-12,14-15,19,29H,5,13,16-18,20H2,1-2H3. The summed E-state index contributed by atoms with van der Waals surface area (Å²) >= 11 is 1.69. The van der Waals surface area contributed by atoms with Gasteiger partial charge in [0.2, 0.25) is 15.9 Å². The van der Waals surface area contributed by atoms with Crippen LogP contribution in [0.15, 0.2) is 77.1 Å². The van der Waals surface area contributed by atoms with Crippen LogP contribution in [0.5, 0.6) is 5.75 Å². The lowest BCUT2D eigenvalue weighted by atomic mass is 9.93. The highest BCUT2D eigenvalue weighted by Crippen LogP contribution is 2.38. The molecule has 10 heteroatoms. The third-order valence-electron chi connectivity index (χ3n) is 7.00. The molecule has 0 saturated heterocycles. The van der Waals surface area contributed by atoms with E-state index in [0.717, 1.165) is 28.7 Å². The molecule has 1 atom stereocenters. The summed E-state index contributed by atoms with van der Waals surface area (Å²) in [6.07, 6.45) is 2.76. The molecule has 8 nitrogen and oxygen atoms in total. The van der Waals surface area contributed by atoms with E-state index in [0.29, 0.717) is 25.1 Å². The van der Waals surface area contributed by atoms with Crippen LogP contribution in [0.4, 0.5) is 0 Å². The highest BCUT2D eigenvalue weighted by Gasteiger charge is 2.36. The Morgan fingerprint density at radius 1 is 1.10 bits per heavy atom. The first-order chi connectivity index (χ1) is 18.9. The first-order valence-corrected chi connectivity index (χ1v) is 15.1. The Bertz CT molecular complexity index is 1550. The van der Waals surface area contributed by atoms with E-state index < -0.39 is 10.0 Å². The maximum absolute atomic E-state index is 14.0. The van der Waals surface area contributed by atoms with Crippen molar-refractivity contribution in [2.24, 2.45) is 0 Å². The monoisotopic (exact) mass is 565 g/mol. The van der Waals surface area contributed by atoms with Crippen LogP contribution in [-0.2, 0) is 26.0 Å². The summed E-state index contributed by atoms with van der Waals surface area (Å²) in [5.41, 5.74) is 2.42. The number of ether oxygens (including phenoxy) is 2. The molecule has 0 spiro atoms. The number of fused-ring (bicyclic) bond motifs is 2. The van der Waals surface area contributed by atoms with E-state index in [1.807, 2.05) is 41.8 Å². The Morgan fingerprint density at radius 3 is 2.67 bits per heavy atom. The molecule has 0 N–H and O–H groups in total. The van der Waals surface area contributed by atoms with Gasteiger partial charge < -0.3 is 14.4 Å². The van der Waals surface area contributed by atoms with Crippen LogP contribution >= 0.6 is 11.3 Å². The van der Waals surface area contributed by atoms with Gasteiger partial charge in [-0.2, -0.15) is 4.31 Å². The molecule has 0 saturated carbocycles. The predicted octanol–water partition coefficient (Wildman–Crippen LogP) is 4.51. The fraction of sp³-hybridized carbons (Fsp3) is 0.310. The number of amides is 1. The van der Waals surface area contributed by atoms with Gasteiger partial charge in [-0.3, -0.25) is 9.78 Å². The second kappa shape index (κ2) is 11.8. The van der Waals surface area contributed by atoms with Crippen molar-refractivity contribution < 1.29 is 22.7 Å². The number of aromatic nitrogens is 1. The molecule has 0 aliphatic carbocycles. The molecule has 1 aliphatic rings. The number of carbonyl (C=O) groups excluding carboxylic acids is 1. The summed E-state index contributed by atoms with van der Waals surface area (Å²) in [7, 11) is -0.838. The second-order valence-corrected chi connectivity index (χ2v) is 12.2. The molecule has 2 aromatic carbocycles. The molecule has 39 heavy (non-hydrogen) atoms. The van der Waals surface area contributed by atoms with Crippen LogP contribution in [-0.4, -0.2) is 69.0 Å². The fourth-order valence-electron chi connectivity index (χ4n) is 5.07. The Kier molecular flexibility index (Phi) is 8.27. The summed E-state index contributed by atoms with van der Waals surface area (Å²) in [5, 5.41) is 2.77. The third kappa shape index (κ3) is 5.56. The van der Waals surface area contributed by atoms with Crippen LogP contribution in [0.25, 0.3) is 10.9 Å². The number of sulfonamides is 1. The van der Waals surface area contributed by atoms with Crippen molar-refractivity contribution >= 4 is 38.2 Å². The van der Waals surface area contributed by atoms with E-state index in [1.165, 1.54) is 9.18 Å². The summed E-state index contributed by atoms with van der Waals surface area (Å²) < 4.78 is 39.8. The van der Waals surface area contributed by atoms with Gasteiger partial charge in [0.15, 0.2) is 0 Å². The smallest absolute Gasteiger partial charge is 0.245 e. The normalized spacial score (nSPS) is 15.5. The van der Waals surface area contributed by atoms with Gasteiger partial charge >= 0.3 is 0 Å². The average Bonchev–Trinajstić information content (AvgIpc) is 3.45. The number of carbonyl (C=O) groups is 1. The number of thiophene rings is 1. The zero-order valence-corrected chi connectivity index (χ0v) is 23.6. The lowest BCUT2D eigenvalue weighted by Gasteiger charge is -2.37. The number of nitrogens with zero attached hydrogens (tertiary/aromatic N) is 3. The van der Waals surface area contributed by atoms with Gasteiger partial charge in [-0.15, -0.1) is 11.3 Å². The maximum Gasteiger partial charge on any atom is 0.245 e. The molecule has 1 amide bonds. The van der Waals surface area contributed by atoms with Gasteiger partial charge in [-0.05, 0) is 59.7 Å². The Hall–Kier alpha value is -3.31. The minimum absolute atomic E-state index is 0.0938. The average molecular weight is 566 g/mol. The van der Waals surface area contributed by atoms with Crippen LogP contribution in [0.1, 0.15) is 28.5 Å². The molecule has 0 fully saturated rings. The SMILES string of the molecule is COCCCN(CC(=O)N1CCc2sccc2C1c1ccc(OC)cc1)S(=O)(=O)c1cccc2cccnc12. The summed E-state index contributed by atoms with van der Waals surface area (Å²) in [6, 6.07) is 18.1. The Morgan fingerprint density at radius 2 is 1.90 bits per heavy atom. The van der Waals surface area contributed by atoms with Gasteiger partial charge in [0.05, 0.1) is 25.2 Å². The fourth-order valence-corrected chi connectivity index (χ4v) is 7.56. The molecule has 1 unspecified atom stereocenters. The van der Waals surface area contributed by atoms with E-state index in [4.69, 9.17) is 9.47 Å².